The lowest BCUT2D eigenvalue weighted by molar-refractivity contribution is -0.116. The lowest BCUT2D eigenvalue weighted by Gasteiger charge is -2.22. The van der Waals surface area contributed by atoms with Crippen LogP contribution in [0.4, 0.5) is 10.1 Å². The van der Waals surface area contributed by atoms with Gasteiger partial charge >= 0.3 is 5.97 Å². The second-order valence-electron chi connectivity index (χ2n) is 7.29. The maximum atomic E-state index is 14.3. The fourth-order valence-electron chi connectivity index (χ4n) is 3.07. The fourth-order valence-corrected chi connectivity index (χ4v) is 4.44. The van der Waals surface area contributed by atoms with Crippen LogP contribution in [0.3, 0.4) is 0 Å². The van der Waals surface area contributed by atoms with Crippen LogP contribution in [0.1, 0.15) is 21.5 Å². The van der Waals surface area contributed by atoms with E-state index < -0.39 is 34.3 Å². The summed E-state index contributed by atoms with van der Waals surface area (Å²) in [5.41, 5.74) is 1.69. The zero-order chi connectivity index (χ0) is 24.0. The molecule has 3 rings (SSSR count). The molecule has 1 amide bonds. The van der Waals surface area contributed by atoms with Crippen molar-refractivity contribution in [2.45, 2.75) is 18.4 Å². The zero-order valence-corrected chi connectivity index (χ0v) is 18.9. The molecular formula is C24H23FN2O5S. The molecule has 9 heteroatoms. The maximum absolute atomic E-state index is 14.3. The molecule has 0 atom stereocenters. The van der Waals surface area contributed by atoms with Gasteiger partial charge in [-0.2, -0.15) is 4.31 Å². The van der Waals surface area contributed by atoms with Crippen LogP contribution in [0.15, 0.2) is 77.7 Å². The number of halogens is 1. The van der Waals surface area contributed by atoms with Crippen LogP contribution < -0.4 is 5.32 Å². The van der Waals surface area contributed by atoms with Gasteiger partial charge in [0.15, 0.2) is 0 Å². The van der Waals surface area contributed by atoms with Crippen LogP contribution in [-0.2, 0) is 26.1 Å². The average Bonchev–Trinajstić information content (AvgIpc) is 2.80. The van der Waals surface area contributed by atoms with E-state index in [0.29, 0.717) is 11.3 Å². The molecule has 0 aromatic heterocycles. The third-order valence-electron chi connectivity index (χ3n) is 4.87. The minimum atomic E-state index is -4.10. The SMILES string of the molecule is COC(=O)c1ccc(NC(=O)CN(Cc2ccccc2F)S(=O)(=O)c2ccc(C)cc2)cc1. The molecule has 172 valence electrons. The summed E-state index contributed by atoms with van der Waals surface area (Å²) in [7, 11) is -2.84. The Morgan fingerprint density at radius 3 is 2.21 bits per heavy atom. The van der Waals surface area contributed by atoms with Crippen LogP contribution in [-0.4, -0.2) is 38.3 Å². The van der Waals surface area contributed by atoms with Crippen LogP contribution in [0, 0.1) is 12.7 Å². The molecule has 0 bridgehead atoms. The largest absolute Gasteiger partial charge is 0.465 e. The van der Waals surface area contributed by atoms with Gasteiger partial charge in [-0.05, 0) is 49.4 Å². The number of carbonyl (C=O) groups is 2. The van der Waals surface area contributed by atoms with E-state index in [1.807, 2.05) is 6.92 Å². The molecule has 3 aromatic rings. The van der Waals surface area contributed by atoms with Crippen molar-refractivity contribution >= 4 is 27.6 Å². The molecule has 3 aromatic carbocycles. The Labute approximate surface area is 191 Å². The number of esters is 1. The van der Waals surface area contributed by atoms with Crippen molar-refractivity contribution in [3.63, 3.8) is 0 Å². The molecule has 0 saturated carbocycles. The number of rotatable bonds is 8. The number of methoxy groups -OCH3 is 1. The number of nitrogens with zero attached hydrogens (tertiary/aromatic N) is 1. The summed E-state index contributed by atoms with van der Waals surface area (Å²) < 4.78 is 46.4. The highest BCUT2D eigenvalue weighted by molar-refractivity contribution is 7.89. The molecule has 7 nitrogen and oxygen atoms in total. The Bertz CT molecular complexity index is 1240. The Kier molecular flexibility index (Phi) is 7.57. The van der Waals surface area contributed by atoms with Crippen LogP contribution in [0.25, 0.3) is 0 Å². The first-order chi connectivity index (χ1) is 15.7. The van der Waals surface area contributed by atoms with Gasteiger partial charge in [0.1, 0.15) is 5.82 Å². The van der Waals surface area contributed by atoms with Gasteiger partial charge in [-0.3, -0.25) is 4.79 Å². The molecule has 1 N–H and O–H groups in total. The van der Waals surface area contributed by atoms with Crippen molar-refractivity contribution in [2.24, 2.45) is 0 Å². The van der Waals surface area contributed by atoms with E-state index in [0.717, 1.165) is 9.87 Å². The number of hydrogen-bond donors (Lipinski definition) is 1. The van der Waals surface area contributed by atoms with Crippen molar-refractivity contribution in [3.05, 3.63) is 95.3 Å². The molecule has 0 aliphatic carbocycles. The van der Waals surface area contributed by atoms with Crippen LogP contribution in [0.5, 0.6) is 0 Å². The normalized spacial score (nSPS) is 11.3. The Morgan fingerprint density at radius 2 is 1.61 bits per heavy atom. The lowest BCUT2D eigenvalue weighted by Crippen LogP contribution is -2.37. The number of carbonyl (C=O) groups excluding carboxylic acids is 2. The standard InChI is InChI=1S/C24H23FN2O5S/c1-17-7-13-21(14-8-17)33(30,31)27(15-19-5-3-4-6-22(19)25)16-23(28)26-20-11-9-18(10-12-20)24(29)32-2/h3-14H,15-16H2,1-2H3,(H,26,28). The first-order valence-corrected chi connectivity index (χ1v) is 11.4. The number of ether oxygens (including phenoxy) is 1. The first kappa shape index (κ1) is 24.1. The van der Waals surface area contributed by atoms with Gasteiger partial charge in [0.2, 0.25) is 15.9 Å². The van der Waals surface area contributed by atoms with Gasteiger partial charge in [-0.25, -0.2) is 17.6 Å². The summed E-state index contributed by atoms with van der Waals surface area (Å²) in [6, 6.07) is 17.9. The predicted molar refractivity (Wildman–Crippen MR) is 122 cm³/mol. The maximum Gasteiger partial charge on any atom is 0.337 e. The molecule has 0 saturated heterocycles. The quantitative estimate of drug-likeness (QED) is 0.506. The third-order valence-corrected chi connectivity index (χ3v) is 6.68. The second-order valence-corrected chi connectivity index (χ2v) is 9.23. The molecule has 0 spiro atoms. The molecule has 0 radical (unpaired) electrons. The molecule has 0 heterocycles. The molecule has 0 unspecified atom stereocenters. The number of sulfonamides is 1. The van der Waals surface area contributed by atoms with Crippen molar-refractivity contribution < 1.29 is 27.1 Å². The van der Waals surface area contributed by atoms with Gasteiger partial charge < -0.3 is 10.1 Å². The van der Waals surface area contributed by atoms with E-state index >= 15 is 0 Å². The van der Waals surface area contributed by atoms with Gasteiger partial charge in [0.25, 0.3) is 0 Å². The van der Waals surface area contributed by atoms with Gasteiger partial charge in [0.05, 0.1) is 24.1 Å². The Morgan fingerprint density at radius 1 is 0.970 bits per heavy atom. The summed E-state index contributed by atoms with van der Waals surface area (Å²) in [5.74, 6) is -1.71. The fraction of sp³-hybridized carbons (Fsp3) is 0.167. The molecule has 0 aliphatic rings. The summed E-state index contributed by atoms with van der Waals surface area (Å²) in [4.78, 5) is 24.2. The summed E-state index contributed by atoms with van der Waals surface area (Å²) >= 11 is 0. The van der Waals surface area contributed by atoms with E-state index in [2.05, 4.69) is 10.1 Å². The number of benzene rings is 3. The highest BCUT2D eigenvalue weighted by Gasteiger charge is 2.27. The van der Waals surface area contributed by atoms with Crippen molar-refractivity contribution in [3.8, 4) is 0 Å². The van der Waals surface area contributed by atoms with E-state index in [-0.39, 0.29) is 17.0 Å². The number of nitrogens with one attached hydrogen (secondary N) is 1. The highest BCUT2D eigenvalue weighted by Crippen LogP contribution is 2.21. The second kappa shape index (κ2) is 10.4. The van der Waals surface area contributed by atoms with Crippen LogP contribution >= 0.6 is 0 Å². The summed E-state index contributed by atoms with van der Waals surface area (Å²) in [5, 5.41) is 2.60. The van der Waals surface area contributed by atoms with E-state index in [9.17, 15) is 22.4 Å². The molecular weight excluding hydrogens is 447 g/mol. The smallest absolute Gasteiger partial charge is 0.337 e. The van der Waals surface area contributed by atoms with Gasteiger partial charge in [0, 0.05) is 17.8 Å². The minimum absolute atomic E-state index is 0.000305. The Hall–Kier alpha value is -3.56. The van der Waals surface area contributed by atoms with E-state index in [4.69, 9.17) is 0 Å². The zero-order valence-electron chi connectivity index (χ0n) is 18.1. The van der Waals surface area contributed by atoms with Crippen molar-refractivity contribution in [2.75, 3.05) is 19.0 Å². The van der Waals surface area contributed by atoms with Crippen LogP contribution in [0.2, 0.25) is 0 Å². The topological polar surface area (TPSA) is 92.8 Å². The predicted octanol–water partition coefficient (Wildman–Crippen LogP) is 3.75. The molecule has 0 aliphatic heterocycles. The highest BCUT2D eigenvalue weighted by atomic mass is 32.2. The van der Waals surface area contributed by atoms with Gasteiger partial charge in [-0.1, -0.05) is 35.9 Å². The summed E-state index contributed by atoms with van der Waals surface area (Å²) in [6.45, 7) is 0.966. The molecule has 0 fully saturated rings. The Balaban J connectivity index is 1.84. The number of hydrogen-bond acceptors (Lipinski definition) is 5. The summed E-state index contributed by atoms with van der Waals surface area (Å²) in [6.07, 6.45) is 0. The van der Waals surface area contributed by atoms with Crippen molar-refractivity contribution in [1.29, 1.82) is 0 Å². The van der Waals surface area contributed by atoms with E-state index in [1.54, 1.807) is 18.2 Å². The molecule has 33 heavy (non-hydrogen) atoms. The first-order valence-electron chi connectivity index (χ1n) is 9.99. The third kappa shape index (κ3) is 6.03. The number of aryl methyl sites for hydroxylation is 1. The van der Waals surface area contributed by atoms with E-state index in [1.165, 1.54) is 61.7 Å². The minimum Gasteiger partial charge on any atom is -0.465 e. The average molecular weight is 471 g/mol. The monoisotopic (exact) mass is 470 g/mol. The lowest BCUT2D eigenvalue weighted by atomic mass is 10.2. The number of amides is 1. The van der Waals surface area contributed by atoms with Gasteiger partial charge in [-0.15, -0.1) is 0 Å². The van der Waals surface area contributed by atoms with Crippen molar-refractivity contribution in [1.82, 2.24) is 4.31 Å². The number of anilines is 1.